The summed E-state index contributed by atoms with van der Waals surface area (Å²) in [4.78, 5) is 1.92. The van der Waals surface area contributed by atoms with Crippen LogP contribution in [0.2, 0.25) is 5.02 Å². The first-order chi connectivity index (χ1) is 13.6. The predicted molar refractivity (Wildman–Crippen MR) is 107 cm³/mol. The average Bonchev–Trinajstić information content (AvgIpc) is 3.27. The van der Waals surface area contributed by atoms with E-state index in [0.29, 0.717) is 5.69 Å². The van der Waals surface area contributed by atoms with Crippen molar-refractivity contribution in [3.8, 4) is 0 Å². The second kappa shape index (κ2) is 6.21. The smallest absolute Gasteiger partial charge is 0.165 e. The molecule has 0 amide bonds. The highest BCUT2D eigenvalue weighted by Gasteiger charge is 2.39. The minimum atomic E-state index is -0.457. The second-order valence-corrected chi connectivity index (χ2v) is 7.36. The van der Waals surface area contributed by atoms with E-state index in [4.69, 9.17) is 11.6 Å². The SMILES string of the molecule is Cc1[nH]nc2c1C(c1ccccc1)c1c(n[nH]c1C)N2c1ccc(F)c(Cl)c1. The zero-order valence-electron chi connectivity index (χ0n) is 15.3. The van der Waals surface area contributed by atoms with Crippen LogP contribution in [0.1, 0.15) is 34.0 Å². The Hall–Kier alpha value is -3.12. The number of rotatable bonds is 2. The Morgan fingerprint density at radius 1 is 0.929 bits per heavy atom. The summed E-state index contributed by atoms with van der Waals surface area (Å²) in [6, 6.07) is 14.9. The van der Waals surface area contributed by atoms with Crippen molar-refractivity contribution in [2.75, 3.05) is 4.90 Å². The zero-order valence-corrected chi connectivity index (χ0v) is 16.0. The average molecular weight is 394 g/mol. The summed E-state index contributed by atoms with van der Waals surface area (Å²) >= 11 is 6.06. The second-order valence-electron chi connectivity index (χ2n) is 6.95. The van der Waals surface area contributed by atoms with Crippen LogP contribution >= 0.6 is 11.6 Å². The fourth-order valence-corrected chi connectivity index (χ4v) is 4.15. The fraction of sp³-hybridized carbons (Fsp3) is 0.143. The van der Waals surface area contributed by atoms with Crippen LogP contribution in [-0.4, -0.2) is 20.4 Å². The van der Waals surface area contributed by atoms with Gasteiger partial charge in [0.05, 0.1) is 10.7 Å². The molecule has 2 aromatic heterocycles. The quantitative estimate of drug-likeness (QED) is 0.416. The Morgan fingerprint density at radius 2 is 1.54 bits per heavy atom. The Morgan fingerprint density at radius 3 is 2.11 bits per heavy atom. The number of aromatic nitrogens is 4. The normalized spacial score (nSPS) is 13.5. The van der Waals surface area contributed by atoms with E-state index in [-0.39, 0.29) is 10.9 Å². The number of nitrogens with one attached hydrogen (secondary N) is 2. The molecule has 0 saturated carbocycles. The highest BCUT2D eigenvalue weighted by Crippen LogP contribution is 2.51. The van der Waals surface area contributed by atoms with E-state index in [1.54, 1.807) is 12.1 Å². The van der Waals surface area contributed by atoms with Crippen molar-refractivity contribution in [2.45, 2.75) is 19.8 Å². The minimum Gasteiger partial charge on any atom is -0.280 e. The molecule has 0 saturated heterocycles. The molecule has 5 rings (SSSR count). The van der Waals surface area contributed by atoms with Crippen molar-refractivity contribution in [3.05, 3.63) is 87.4 Å². The van der Waals surface area contributed by atoms with E-state index < -0.39 is 5.82 Å². The zero-order chi connectivity index (χ0) is 19.4. The van der Waals surface area contributed by atoms with Gasteiger partial charge in [-0.3, -0.25) is 15.1 Å². The van der Waals surface area contributed by atoms with Crippen LogP contribution in [0.4, 0.5) is 21.7 Å². The maximum absolute atomic E-state index is 13.8. The lowest BCUT2D eigenvalue weighted by molar-refractivity contribution is 0.628. The molecule has 0 atom stereocenters. The van der Waals surface area contributed by atoms with Gasteiger partial charge in [-0.1, -0.05) is 41.9 Å². The summed E-state index contributed by atoms with van der Waals surface area (Å²) in [6.07, 6.45) is 0. The topological polar surface area (TPSA) is 60.6 Å². The highest BCUT2D eigenvalue weighted by molar-refractivity contribution is 6.31. The van der Waals surface area contributed by atoms with E-state index in [9.17, 15) is 4.39 Å². The number of benzene rings is 2. The van der Waals surface area contributed by atoms with Crippen LogP contribution in [0.15, 0.2) is 48.5 Å². The van der Waals surface area contributed by atoms with Crippen molar-refractivity contribution >= 4 is 28.9 Å². The van der Waals surface area contributed by atoms with E-state index in [1.807, 2.05) is 36.9 Å². The Bertz CT molecular complexity index is 1130. The van der Waals surface area contributed by atoms with Crippen LogP contribution in [0.25, 0.3) is 0 Å². The minimum absolute atomic E-state index is 0.00382. The van der Waals surface area contributed by atoms with Gasteiger partial charge in [0, 0.05) is 28.4 Å². The molecule has 0 unspecified atom stereocenters. The molecular weight excluding hydrogens is 377 g/mol. The number of fused-ring (bicyclic) bond motifs is 2. The fourth-order valence-electron chi connectivity index (χ4n) is 3.97. The van der Waals surface area contributed by atoms with Gasteiger partial charge in [0.1, 0.15) is 5.82 Å². The van der Waals surface area contributed by atoms with E-state index in [1.165, 1.54) is 6.07 Å². The van der Waals surface area contributed by atoms with Crippen LogP contribution in [-0.2, 0) is 0 Å². The highest BCUT2D eigenvalue weighted by atomic mass is 35.5. The predicted octanol–water partition coefficient (Wildman–Crippen LogP) is 5.51. The number of hydrogen-bond acceptors (Lipinski definition) is 3. The van der Waals surface area contributed by atoms with Gasteiger partial charge in [0.2, 0.25) is 0 Å². The van der Waals surface area contributed by atoms with Crippen LogP contribution < -0.4 is 4.90 Å². The van der Waals surface area contributed by atoms with Gasteiger partial charge in [0.25, 0.3) is 0 Å². The van der Waals surface area contributed by atoms with Gasteiger partial charge in [-0.05, 0) is 37.6 Å². The maximum Gasteiger partial charge on any atom is 0.165 e. The lowest BCUT2D eigenvalue weighted by Gasteiger charge is -2.32. The monoisotopic (exact) mass is 393 g/mol. The van der Waals surface area contributed by atoms with Crippen molar-refractivity contribution in [1.29, 1.82) is 0 Å². The number of anilines is 3. The Labute approximate surface area is 166 Å². The number of halogens is 2. The molecule has 5 nitrogen and oxygen atoms in total. The number of hydrogen-bond donors (Lipinski definition) is 2. The van der Waals surface area contributed by atoms with Gasteiger partial charge in [-0.2, -0.15) is 10.2 Å². The molecule has 0 aliphatic carbocycles. The Balaban J connectivity index is 1.80. The third kappa shape index (κ3) is 2.38. The molecule has 2 N–H and O–H groups in total. The number of nitrogens with zero attached hydrogens (tertiary/aromatic N) is 3. The first-order valence-electron chi connectivity index (χ1n) is 8.96. The number of aromatic amines is 2. The summed E-state index contributed by atoms with van der Waals surface area (Å²) in [6.45, 7) is 4.02. The molecule has 0 fully saturated rings. The Kier molecular flexibility index (Phi) is 3.77. The first-order valence-corrected chi connectivity index (χ1v) is 9.34. The van der Waals surface area contributed by atoms with Crippen LogP contribution in [0, 0.1) is 19.7 Å². The molecule has 1 aliphatic rings. The van der Waals surface area contributed by atoms with Crippen LogP contribution in [0.3, 0.4) is 0 Å². The molecule has 0 bridgehead atoms. The molecule has 3 heterocycles. The third-order valence-corrected chi connectivity index (χ3v) is 5.53. The molecule has 0 spiro atoms. The molecule has 2 aromatic carbocycles. The van der Waals surface area contributed by atoms with Gasteiger partial charge in [0.15, 0.2) is 11.6 Å². The largest absolute Gasteiger partial charge is 0.280 e. The van der Waals surface area contributed by atoms with Gasteiger partial charge in [-0.25, -0.2) is 4.39 Å². The van der Waals surface area contributed by atoms with Gasteiger partial charge >= 0.3 is 0 Å². The standard InChI is InChI=1S/C21H17ClFN5/c1-11-17-19(13-6-4-3-5-7-13)18-12(2)25-27-21(18)28(20(17)26-24-11)14-8-9-16(23)15(22)10-14/h3-10,19H,1-2H3,(H,24,26)(H,25,27). The molecule has 7 heteroatoms. The van der Waals surface area contributed by atoms with Gasteiger partial charge < -0.3 is 0 Å². The summed E-state index contributed by atoms with van der Waals surface area (Å²) in [5.41, 5.74) is 5.98. The molecule has 4 aromatic rings. The molecule has 0 radical (unpaired) electrons. The summed E-state index contributed by atoms with van der Waals surface area (Å²) < 4.78 is 13.8. The molecule has 140 valence electrons. The molecular formula is C21H17ClFN5. The number of aryl methyl sites for hydroxylation is 2. The van der Waals surface area contributed by atoms with Crippen molar-refractivity contribution in [2.24, 2.45) is 0 Å². The van der Waals surface area contributed by atoms with Crippen molar-refractivity contribution in [1.82, 2.24) is 20.4 Å². The first kappa shape index (κ1) is 17.0. The van der Waals surface area contributed by atoms with E-state index >= 15 is 0 Å². The molecule has 1 aliphatic heterocycles. The molecule has 28 heavy (non-hydrogen) atoms. The lowest BCUT2D eigenvalue weighted by Crippen LogP contribution is -2.22. The summed E-state index contributed by atoms with van der Waals surface area (Å²) in [7, 11) is 0. The third-order valence-electron chi connectivity index (χ3n) is 5.24. The van der Waals surface area contributed by atoms with E-state index in [2.05, 4.69) is 32.5 Å². The summed E-state index contributed by atoms with van der Waals surface area (Å²) in [5, 5.41) is 15.4. The summed E-state index contributed by atoms with van der Waals surface area (Å²) in [5.74, 6) is 1.03. The van der Waals surface area contributed by atoms with Crippen molar-refractivity contribution < 1.29 is 4.39 Å². The van der Waals surface area contributed by atoms with Crippen molar-refractivity contribution in [3.63, 3.8) is 0 Å². The van der Waals surface area contributed by atoms with Gasteiger partial charge in [-0.15, -0.1) is 0 Å². The van der Waals surface area contributed by atoms with E-state index in [0.717, 1.165) is 39.7 Å². The maximum atomic E-state index is 13.8. The number of H-pyrrole nitrogens is 2. The van der Waals surface area contributed by atoms with Crippen LogP contribution in [0.5, 0.6) is 0 Å². The lowest BCUT2D eigenvalue weighted by atomic mass is 9.82.